The van der Waals surface area contributed by atoms with Crippen LogP contribution in [0.15, 0.2) is 11.6 Å². The second-order valence-corrected chi connectivity index (χ2v) is 5.22. The largest absolute Gasteiger partial charge is 0.311 e. The highest BCUT2D eigenvalue weighted by molar-refractivity contribution is 7.15. The van der Waals surface area contributed by atoms with Gasteiger partial charge in [-0.1, -0.05) is 20.3 Å². The third-order valence-corrected chi connectivity index (χ3v) is 3.80. The van der Waals surface area contributed by atoms with Crippen molar-refractivity contribution in [2.75, 3.05) is 6.54 Å². The molecule has 2 aromatic heterocycles. The molecule has 3 nitrogen and oxygen atoms in total. The molecule has 16 heavy (non-hydrogen) atoms. The van der Waals surface area contributed by atoms with Crippen molar-refractivity contribution in [1.82, 2.24) is 14.7 Å². The van der Waals surface area contributed by atoms with Gasteiger partial charge in [0.25, 0.3) is 0 Å². The maximum Gasteiger partial charge on any atom is 0.194 e. The number of aromatic nitrogens is 2. The fourth-order valence-corrected chi connectivity index (χ4v) is 2.51. The van der Waals surface area contributed by atoms with Gasteiger partial charge in [-0.15, -0.1) is 11.3 Å². The zero-order chi connectivity index (χ0) is 11.5. The van der Waals surface area contributed by atoms with Crippen LogP contribution in [0, 0.1) is 12.8 Å². The van der Waals surface area contributed by atoms with Gasteiger partial charge in [0, 0.05) is 18.1 Å². The lowest BCUT2D eigenvalue weighted by Crippen LogP contribution is -2.21. The van der Waals surface area contributed by atoms with E-state index in [4.69, 9.17) is 0 Å². The molecule has 0 fully saturated rings. The van der Waals surface area contributed by atoms with Crippen molar-refractivity contribution in [1.29, 1.82) is 0 Å². The molecule has 88 valence electrons. The number of nitrogens with one attached hydrogen (secondary N) is 1. The van der Waals surface area contributed by atoms with Crippen LogP contribution in [0.1, 0.15) is 31.7 Å². The fraction of sp³-hybridized carbons (Fsp3) is 0.583. The van der Waals surface area contributed by atoms with Gasteiger partial charge in [-0.2, -0.15) is 0 Å². The Morgan fingerprint density at radius 3 is 3.12 bits per heavy atom. The van der Waals surface area contributed by atoms with E-state index in [-0.39, 0.29) is 0 Å². The number of fused-ring (bicyclic) bond motifs is 1. The molecule has 0 bridgehead atoms. The van der Waals surface area contributed by atoms with Crippen molar-refractivity contribution >= 4 is 16.3 Å². The monoisotopic (exact) mass is 237 g/mol. The smallest absolute Gasteiger partial charge is 0.194 e. The van der Waals surface area contributed by atoms with E-state index in [2.05, 4.69) is 47.0 Å². The average molecular weight is 237 g/mol. The Labute approximate surface area is 101 Å². The summed E-state index contributed by atoms with van der Waals surface area (Å²) in [5, 5.41) is 5.59. The molecule has 0 aliphatic heterocycles. The molecule has 0 aliphatic rings. The van der Waals surface area contributed by atoms with Gasteiger partial charge in [0.1, 0.15) is 0 Å². The van der Waals surface area contributed by atoms with E-state index in [0.29, 0.717) is 0 Å². The summed E-state index contributed by atoms with van der Waals surface area (Å²) in [6.45, 7) is 8.57. The molecular formula is C12H19N3S. The summed E-state index contributed by atoms with van der Waals surface area (Å²) in [6.07, 6.45) is 3.33. The highest BCUT2D eigenvalue weighted by Crippen LogP contribution is 2.16. The number of nitrogens with zero attached hydrogens (tertiary/aromatic N) is 2. The number of rotatable bonds is 5. The summed E-state index contributed by atoms with van der Waals surface area (Å²) in [5.74, 6) is 0.742. The molecule has 1 N–H and O–H groups in total. The summed E-state index contributed by atoms with van der Waals surface area (Å²) < 4.78 is 2.18. The SMILES string of the molecule is CCC(C)CNCc1c(C)nc2sccn12. The van der Waals surface area contributed by atoms with Crippen LogP contribution in [0.5, 0.6) is 0 Å². The maximum absolute atomic E-state index is 4.53. The lowest BCUT2D eigenvalue weighted by atomic mass is 10.1. The van der Waals surface area contributed by atoms with Gasteiger partial charge in [0.05, 0.1) is 11.4 Å². The first kappa shape index (κ1) is 11.6. The van der Waals surface area contributed by atoms with Crippen molar-refractivity contribution in [2.24, 2.45) is 5.92 Å². The third-order valence-electron chi connectivity index (χ3n) is 3.04. The van der Waals surface area contributed by atoms with Crippen molar-refractivity contribution in [3.8, 4) is 0 Å². The van der Waals surface area contributed by atoms with E-state index in [0.717, 1.165) is 29.7 Å². The van der Waals surface area contributed by atoms with Crippen LogP contribution in [0.25, 0.3) is 4.96 Å². The van der Waals surface area contributed by atoms with Crippen molar-refractivity contribution in [2.45, 2.75) is 33.7 Å². The van der Waals surface area contributed by atoms with Crippen molar-refractivity contribution < 1.29 is 0 Å². The predicted molar refractivity (Wildman–Crippen MR) is 69.0 cm³/mol. The van der Waals surface area contributed by atoms with Gasteiger partial charge in [0.15, 0.2) is 4.96 Å². The lowest BCUT2D eigenvalue weighted by molar-refractivity contribution is 0.496. The number of thiazole rings is 1. The Morgan fingerprint density at radius 2 is 2.38 bits per heavy atom. The Morgan fingerprint density at radius 1 is 1.56 bits per heavy atom. The predicted octanol–water partition coefficient (Wildman–Crippen LogP) is 2.84. The normalized spacial score (nSPS) is 13.4. The number of hydrogen-bond donors (Lipinski definition) is 1. The zero-order valence-corrected chi connectivity index (χ0v) is 11.0. The second-order valence-electron chi connectivity index (χ2n) is 4.34. The van der Waals surface area contributed by atoms with Crippen LogP contribution in [-0.2, 0) is 6.54 Å². The van der Waals surface area contributed by atoms with Crippen molar-refractivity contribution in [3.63, 3.8) is 0 Å². The minimum atomic E-state index is 0.742. The molecule has 4 heteroatoms. The van der Waals surface area contributed by atoms with E-state index >= 15 is 0 Å². The van der Waals surface area contributed by atoms with Gasteiger partial charge in [-0.3, -0.25) is 4.40 Å². The maximum atomic E-state index is 4.53. The summed E-state index contributed by atoms with van der Waals surface area (Å²) in [6, 6.07) is 0. The average Bonchev–Trinajstić information content (AvgIpc) is 2.81. The van der Waals surface area contributed by atoms with Crippen LogP contribution >= 0.6 is 11.3 Å². The van der Waals surface area contributed by atoms with Gasteiger partial charge in [-0.25, -0.2) is 4.98 Å². The third kappa shape index (κ3) is 2.28. The minimum absolute atomic E-state index is 0.742. The molecule has 0 radical (unpaired) electrons. The van der Waals surface area contributed by atoms with Gasteiger partial charge >= 0.3 is 0 Å². The molecule has 2 rings (SSSR count). The standard InChI is InChI=1S/C12H19N3S/c1-4-9(2)7-13-8-11-10(3)14-12-15(11)5-6-16-12/h5-6,9,13H,4,7-8H2,1-3H3. The number of aryl methyl sites for hydroxylation is 1. The molecule has 1 atom stereocenters. The fourth-order valence-electron chi connectivity index (χ4n) is 1.74. The Bertz CT molecular complexity index is 458. The number of imidazole rings is 1. The molecule has 0 saturated carbocycles. The first-order chi connectivity index (χ1) is 7.72. The Hall–Kier alpha value is -0.870. The van der Waals surface area contributed by atoms with Crippen LogP contribution in [0.4, 0.5) is 0 Å². The van der Waals surface area contributed by atoms with E-state index in [1.54, 1.807) is 11.3 Å². The van der Waals surface area contributed by atoms with Crippen LogP contribution < -0.4 is 5.32 Å². The molecule has 0 amide bonds. The van der Waals surface area contributed by atoms with Gasteiger partial charge < -0.3 is 5.32 Å². The Kier molecular flexibility index (Phi) is 3.61. The van der Waals surface area contributed by atoms with Crippen LogP contribution in [0.3, 0.4) is 0 Å². The van der Waals surface area contributed by atoms with Gasteiger partial charge in [0.2, 0.25) is 0 Å². The van der Waals surface area contributed by atoms with E-state index in [1.807, 2.05) is 0 Å². The van der Waals surface area contributed by atoms with Gasteiger partial charge in [-0.05, 0) is 19.4 Å². The van der Waals surface area contributed by atoms with Crippen molar-refractivity contribution in [3.05, 3.63) is 23.0 Å². The van der Waals surface area contributed by atoms with E-state index in [1.165, 1.54) is 12.1 Å². The molecule has 0 spiro atoms. The summed E-state index contributed by atoms with van der Waals surface area (Å²) in [7, 11) is 0. The first-order valence-electron chi connectivity index (χ1n) is 5.84. The molecule has 1 unspecified atom stereocenters. The minimum Gasteiger partial charge on any atom is -0.311 e. The summed E-state index contributed by atoms with van der Waals surface area (Å²) in [4.78, 5) is 5.63. The van der Waals surface area contributed by atoms with Crippen LogP contribution in [0.2, 0.25) is 0 Å². The number of hydrogen-bond acceptors (Lipinski definition) is 3. The molecule has 0 saturated heterocycles. The van der Waals surface area contributed by atoms with E-state index < -0.39 is 0 Å². The molecular weight excluding hydrogens is 218 g/mol. The Balaban J connectivity index is 2.03. The summed E-state index contributed by atoms with van der Waals surface area (Å²) >= 11 is 1.69. The molecule has 2 aromatic rings. The molecule has 2 heterocycles. The zero-order valence-electron chi connectivity index (χ0n) is 10.2. The topological polar surface area (TPSA) is 29.3 Å². The highest BCUT2D eigenvalue weighted by atomic mass is 32.1. The quantitative estimate of drug-likeness (QED) is 0.866. The van der Waals surface area contributed by atoms with E-state index in [9.17, 15) is 0 Å². The van der Waals surface area contributed by atoms with Crippen LogP contribution in [-0.4, -0.2) is 15.9 Å². The summed E-state index contributed by atoms with van der Waals surface area (Å²) in [5.41, 5.74) is 2.43. The lowest BCUT2D eigenvalue weighted by Gasteiger charge is -2.09. The first-order valence-corrected chi connectivity index (χ1v) is 6.72. The highest BCUT2D eigenvalue weighted by Gasteiger charge is 2.09. The molecule has 0 aliphatic carbocycles. The molecule has 0 aromatic carbocycles. The second kappa shape index (κ2) is 4.97.